The number of rotatable bonds is 6. The lowest BCUT2D eigenvalue weighted by molar-refractivity contribution is 0.344. The topological polar surface area (TPSA) is 67.9 Å². The van der Waals surface area contributed by atoms with Crippen LogP contribution in [-0.4, -0.2) is 21.9 Å². The van der Waals surface area contributed by atoms with Crippen molar-refractivity contribution in [3.8, 4) is 17.5 Å². The van der Waals surface area contributed by atoms with Crippen molar-refractivity contribution in [2.75, 3.05) is 12.4 Å². The van der Waals surface area contributed by atoms with Crippen LogP contribution < -0.4 is 10.3 Å². The second kappa shape index (κ2) is 8.85. The molecule has 1 aromatic heterocycles. The number of aromatic nitrogens is 2. The normalized spacial score (nSPS) is 10.7. The first-order valence-corrected chi connectivity index (χ1v) is 10.5. The maximum absolute atomic E-state index is 13.2. The molecule has 0 bridgehead atoms. The van der Waals surface area contributed by atoms with E-state index in [4.69, 9.17) is 15.0 Å². The van der Waals surface area contributed by atoms with E-state index in [1.807, 2.05) is 49.4 Å². The zero-order valence-electron chi connectivity index (χ0n) is 16.4. The van der Waals surface area contributed by atoms with Crippen LogP contribution in [0.2, 0.25) is 0 Å². The summed E-state index contributed by atoms with van der Waals surface area (Å²) >= 11 is 1.47. The zero-order valence-corrected chi connectivity index (χ0v) is 17.2. The van der Waals surface area contributed by atoms with E-state index < -0.39 is 0 Å². The minimum Gasteiger partial charge on any atom is -0.493 e. The lowest BCUT2D eigenvalue weighted by Gasteiger charge is -2.13. The third kappa shape index (κ3) is 4.22. The maximum Gasteiger partial charge on any atom is 0.266 e. The van der Waals surface area contributed by atoms with Crippen LogP contribution in [0.15, 0.2) is 82.7 Å². The molecule has 6 heteroatoms. The highest BCUT2D eigenvalue weighted by Gasteiger charge is 2.13. The summed E-state index contributed by atoms with van der Waals surface area (Å²) in [7, 11) is 0. The molecule has 0 N–H and O–H groups in total. The fourth-order valence-corrected chi connectivity index (χ4v) is 3.88. The molecule has 0 aliphatic heterocycles. The average Bonchev–Trinajstić information content (AvgIpc) is 2.78. The third-order valence-corrected chi connectivity index (χ3v) is 5.51. The Bertz CT molecular complexity index is 1270. The van der Waals surface area contributed by atoms with Gasteiger partial charge >= 0.3 is 0 Å². The van der Waals surface area contributed by atoms with Gasteiger partial charge in [0.2, 0.25) is 0 Å². The highest BCUT2D eigenvalue weighted by atomic mass is 32.2. The van der Waals surface area contributed by atoms with Gasteiger partial charge in [0.15, 0.2) is 5.16 Å². The predicted octanol–water partition coefficient (Wildman–Crippen LogP) is 4.74. The molecule has 0 aliphatic carbocycles. The Morgan fingerprint density at radius 3 is 2.50 bits per heavy atom. The first kappa shape index (κ1) is 19.7. The lowest BCUT2D eigenvalue weighted by Crippen LogP contribution is -2.22. The first-order chi connectivity index (χ1) is 14.7. The molecule has 4 aromatic rings. The third-order valence-electron chi connectivity index (χ3n) is 4.60. The summed E-state index contributed by atoms with van der Waals surface area (Å²) in [6.45, 7) is 2.53. The van der Waals surface area contributed by atoms with Gasteiger partial charge in [-0.3, -0.25) is 9.36 Å². The van der Waals surface area contributed by atoms with E-state index in [-0.39, 0.29) is 5.56 Å². The summed E-state index contributed by atoms with van der Waals surface area (Å²) in [5.41, 5.74) is 2.94. The van der Waals surface area contributed by atoms with E-state index >= 15 is 0 Å². The van der Waals surface area contributed by atoms with E-state index in [0.717, 1.165) is 5.75 Å². The number of hydrogen-bond acceptors (Lipinski definition) is 5. The number of nitrogens with zero attached hydrogens (tertiary/aromatic N) is 3. The van der Waals surface area contributed by atoms with Gasteiger partial charge in [-0.2, -0.15) is 5.26 Å². The van der Waals surface area contributed by atoms with Crippen molar-refractivity contribution in [2.45, 2.75) is 12.1 Å². The molecule has 148 valence electrons. The smallest absolute Gasteiger partial charge is 0.266 e. The molecular weight excluding hydrogens is 394 g/mol. The van der Waals surface area contributed by atoms with E-state index in [2.05, 4.69) is 6.07 Å². The van der Waals surface area contributed by atoms with E-state index in [9.17, 15) is 4.79 Å². The molecule has 0 spiro atoms. The van der Waals surface area contributed by atoms with Crippen molar-refractivity contribution >= 4 is 22.7 Å². The Morgan fingerprint density at radius 2 is 1.77 bits per heavy atom. The largest absolute Gasteiger partial charge is 0.493 e. The van der Waals surface area contributed by atoms with E-state index in [1.165, 1.54) is 17.3 Å². The number of fused-ring (bicyclic) bond motifs is 1. The Morgan fingerprint density at radius 1 is 1.03 bits per heavy atom. The van der Waals surface area contributed by atoms with Gasteiger partial charge < -0.3 is 4.74 Å². The van der Waals surface area contributed by atoms with Crippen LogP contribution in [0.5, 0.6) is 5.75 Å². The first-order valence-electron chi connectivity index (χ1n) is 9.50. The summed E-state index contributed by atoms with van der Waals surface area (Å²) in [4.78, 5) is 17.9. The molecule has 0 amide bonds. The van der Waals surface area contributed by atoms with Crippen molar-refractivity contribution in [1.82, 2.24) is 9.55 Å². The van der Waals surface area contributed by atoms with Crippen molar-refractivity contribution in [1.29, 1.82) is 5.26 Å². The van der Waals surface area contributed by atoms with Crippen molar-refractivity contribution in [3.63, 3.8) is 0 Å². The predicted molar refractivity (Wildman–Crippen MR) is 119 cm³/mol. The fraction of sp³-hybridized carbons (Fsp3) is 0.125. The quantitative estimate of drug-likeness (QED) is 0.260. The molecule has 0 saturated heterocycles. The Kier molecular flexibility index (Phi) is 5.82. The number of ether oxygens (including phenoxy) is 1. The van der Waals surface area contributed by atoms with Crippen LogP contribution in [0.25, 0.3) is 16.6 Å². The second-order valence-electron chi connectivity index (χ2n) is 6.72. The van der Waals surface area contributed by atoms with Gasteiger partial charge in [0.05, 0.1) is 34.8 Å². The van der Waals surface area contributed by atoms with Crippen molar-refractivity contribution in [3.05, 3.63) is 94.3 Å². The molecule has 0 radical (unpaired) electrons. The van der Waals surface area contributed by atoms with Gasteiger partial charge in [0, 0.05) is 5.75 Å². The summed E-state index contributed by atoms with van der Waals surface area (Å²) in [6, 6.07) is 24.3. The van der Waals surface area contributed by atoms with Crippen LogP contribution in [0.1, 0.15) is 11.1 Å². The molecular formula is C24H19N3O2S. The Labute approximate surface area is 178 Å². The van der Waals surface area contributed by atoms with Crippen molar-refractivity contribution in [2.24, 2.45) is 0 Å². The van der Waals surface area contributed by atoms with Gasteiger partial charge in [0.1, 0.15) is 5.75 Å². The molecule has 0 atom stereocenters. The molecule has 1 heterocycles. The number of hydrogen-bond donors (Lipinski definition) is 0. The standard InChI is InChI=1S/C24H19N3O2S/c1-17-6-12-20(13-7-17)29-14-15-30-24-26-22-5-3-2-4-21(22)23(28)27(24)19-10-8-18(16-25)9-11-19/h2-13H,14-15H2,1H3. The summed E-state index contributed by atoms with van der Waals surface area (Å²) in [5, 5.41) is 10.2. The lowest BCUT2D eigenvalue weighted by atomic mass is 10.2. The average molecular weight is 414 g/mol. The number of thioether (sulfide) groups is 1. The number of aryl methyl sites for hydroxylation is 1. The van der Waals surface area contributed by atoms with Gasteiger partial charge in [-0.05, 0) is 55.5 Å². The Hall–Kier alpha value is -3.56. The summed E-state index contributed by atoms with van der Waals surface area (Å²) in [6.07, 6.45) is 0. The van der Waals surface area contributed by atoms with Crippen molar-refractivity contribution < 1.29 is 4.74 Å². The molecule has 0 fully saturated rings. The van der Waals surface area contributed by atoms with E-state index in [1.54, 1.807) is 34.9 Å². The minimum atomic E-state index is -0.132. The van der Waals surface area contributed by atoms with E-state index in [0.29, 0.717) is 39.7 Å². The maximum atomic E-state index is 13.2. The molecule has 0 unspecified atom stereocenters. The molecule has 3 aromatic carbocycles. The zero-order chi connectivity index (χ0) is 20.9. The monoisotopic (exact) mass is 413 g/mol. The van der Waals surface area contributed by atoms with Gasteiger partial charge in [-0.15, -0.1) is 0 Å². The fourth-order valence-electron chi connectivity index (χ4n) is 3.05. The van der Waals surface area contributed by atoms with Gasteiger partial charge in [-0.1, -0.05) is 41.6 Å². The SMILES string of the molecule is Cc1ccc(OCCSc2nc3ccccc3c(=O)n2-c2ccc(C#N)cc2)cc1. The number of para-hydroxylation sites is 1. The minimum absolute atomic E-state index is 0.132. The second-order valence-corrected chi connectivity index (χ2v) is 7.78. The molecule has 0 saturated carbocycles. The highest BCUT2D eigenvalue weighted by Crippen LogP contribution is 2.22. The summed E-state index contributed by atoms with van der Waals surface area (Å²) < 4.78 is 7.40. The molecule has 5 nitrogen and oxygen atoms in total. The van der Waals surface area contributed by atoms with Crippen LogP contribution >= 0.6 is 11.8 Å². The molecule has 4 rings (SSSR count). The van der Waals surface area contributed by atoms with Crippen LogP contribution in [0.3, 0.4) is 0 Å². The molecule has 0 aliphatic rings. The number of benzene rings is 3. The van der Waals surface area contributed by atoms with Crippen LogP contribution in [-0.2, 0) is 0 Å². The van der Waals surface area contributed by atoms with Gasteiger partial charge in [-0.25, -0.2) is 4.98 Å². The Balaban J connectivity index is 1.62. The summed E-state index contributed by atoms with van der Waals surface area (Å²) in [5.74, 6) is 1.45. The van der Waals surface area contributed by atoms with Gasteiger partial charge in [0.25, 0.3) is 5.56 Å². The number of nitriles is 1. The highest BCUT2D eigenvalue weighted by molar-refractivity contribution is 7.99. The molecule has 30 heavy (non-hydrogen) atoms. The van der Waals surface area contributed by atoms with Crippen LogP contribution in [0.4, 0.5) is 0 Å². The van der Waals surface area contributed by atoms with Crippen LogP contribution in [0, 0.1) is 18.3 Å².